The molecule has 2 aromatic carbocycles. The first kappa shape index (κ1) is 19.5. The summed E-state index contributed by atoms with van der Waals surface area (Å²) in [5, 5.41) is 9.81. The first-order chi connectivity index (χ1) is 13.4. The number of rotatable bonds is 8. The standard InChI is InChI=1S/C20H22O7S/c1-13-7-9-15(10-8-13)28(22,23)27-16(17-18-19(25-18)20(21)26-17)12-24-11-14-5-3-2-4-6-14/h2-10,16-21H,11-12H2,1H3/t16-,17-,18-,19-,20-/m1/s1. The van der Waals surface area contributed by atoms with Crippen molar-refractivity contribution in [1.82, 2.24) is 0 Å². The lowest BCUT2D eigenvalue weighted by Crippen LogP contribution is -2.39. The molecule has 0 saturated carbocycles. The van der Waals surface area contributed by atoms with Crippen LogP contribution in [0.4, 0.5) is 0 Å². The number of hydrogen-bond acceptors (Lipinski definition) is 7. The molecular weight excluding hydrogens is 384 g/mol. The molecule has 2 aromatic rings. The number of aliphatic hydroxyl groups is 1. The van der Waals surface area contributed by atoms with Gasteiger partial charge in [0.05, 0.1) is 18.1 Å². The molecule has 2 aliphatic heterocycles. The van der Waals surface area contributed by atoms with Gasteiger partial charge in [-0.3, -0.25) is 4.18 Å². The Labute approximate surface area is 163 Å². The Hall–Kier alpha value is -1.81. The molecule has 4 rings (SSSR count). The van der Waals surface area contributed by atoms with E-state index in [1.807, 2.05) is 37.3 Å². The fourth-order valence-electron chi connectivity index (χ4n) is 3.21. The highest BCUT2D eigenvalue weighted by Gasteiger charge is 2.60. The third-order valence-electron chi connectivity index (χ3n) is 4.78. The zero-order valence-electron chi connectivity index (χ0n) is 15.3. The van der Waals surface area contributed by atoms with Gasteiger partial charge in [0.2, 0.25) is 0 Å². The van der Waals surface area contributed by atoms with Gasteiger partial charge in [-0.05, 0) is 24.6 Å². The number of benzene rings is 2. The Morgan fingerprint density at radius 1 is 1.04 bits per heavy atom. The zero-order chi connectivity index (χ0) is 19.7. The van der Waals surface area contributed by atoms with Crippen LogP contribution in [-0.4, -0.2) is 50.8 Å². The average Bonchev–Trinajstić information content (AvgIpc) is 3.41. The quantitative estimate of drug-likeness (QED) is 0.527. The third kappa shape index (κ3) is 4.27. The maximum Gasteiger partial charge on any atom is 0.297 e. The lowest BCUT2D eigenvalue weighted by atomic mass is 10.1. The minimum absolute atomic E-state index is 0.0239. The van der Waals surface area contributed by atoms with E-state index in [2.05, 4.69) is 0 Å². The van der Waals surface area contributed by atoms with E-state index < -0.39 is 40.8 Å². The second kappa shape index (κ2) is 7.90. The summed E-state index contributed by atoms with van der Waals surface area (Å²) >= 11 is 0. The van der Waals surface area contributed by atoms with Crippen molar-refractivity contribution >= 4 is 10.1 Å². The fraction of sp³-hybridized carbons (Fsp3) is 0.400. The summed E-state index contributed by atoms with van der Waals surface area (Å²) in [4.78, 5) is 0.0537. The highest BCUT2D eigenvalue weighted by molar-refractivity contribution is 7.86. The third-order valence-corrected chi connectivity index (χ3v) is 6.13. The van der Waals surface area contributed by atoms with Crippen LogP contribution in [0.3, 0.4) is 0 Å². The lowest BCUT2D eigenvalue weighted by molar-refractivity contribution is -0.169. The Balaban J connectivity index is 1.47. The van der Waals surface area contributed by atoms with E-state index in [9.17, 15) is 13.5 Å². The van der Waals surface area contributed by atoms with Crippen LogP contribution < -0.4 is 0 Å². The SMILES string of the molecule is Cc1ccc(S(=O)(=O)O[C@H](COCc2ccccc2)[C@H]2O[C@@H](O)[C@@H]3O[C@@H]32)cc1. The molecule has 5 atom stereocenters. The van der Waals surface area contributed by atoms with Crippen molar-refractivity contribution in [2.75, 3.05) is 6.61 Å². The van der Waals surface area contributed by atoms with Gasteiger partial charge in [0.25, 0.3) is 10.1 Å². The van der Waals surface area contributed by atoms with Crippen molar-refractivity contribution in [3.63, 3.8) is 0 Å². The van der Waals surface area contributed by atoms with E-state index in [4.69, 9.17) is 18.4 Å². The van der Waals surface area contributed by atoms with Gasteiger partial charge in [0, 0.05) is 0 Å². The van der Waals surface area contributed by atoms with E-state index in [1.165, 1.54) is 12.1 Å². The second-order valence-corrected chi connectivity index (χ2v) is 8.53. The molecule has 0 aliphatic carbocycles. The molecule has 7 nitrogen and oxygen atoms in total. The topological polar surface area (TPSA) is 94.6 Å². The van der Waals surface area contributed by atoms with Crippen LogP contribution in [0.5, 0.6) is 0 Å². The van der Waals surface area contributed by atoms with Crippen LogP contribution in [0.25, 0.3) is 0 Å². The molecule has 0 unspecified atom stereocenters. The Morgan fingerprint density at radius 2 is 1.75 bits per heavy atom. The number of hydrogen-bond donors (Lipinski definition) is 1. The maximum absolute atomic E-state index is 12.7. The monoisotopic (exact) mass is 406 g/mol. The van der Waals surface area contributed by atoms with E-state index >= 15 is 0 Å². The van der Waals surface area contributed by atoms with Gasteiger partial charge in [0.1, 0.15) is 24.4 Å². The second-order valence-electron chi connectivity index (χ2n) is 6.96. The molecule has 2 aliphatic rings. The van der Waals surface area contributed by atoms with E-state index in [1.54, 1.807) is 12.1 Å². The summed E-state index contributed by atoms with van der Waals surface area (Å²) in [5.74, 6) is 0. The first-order valence-electron chi connectivity index (χ1n) is 9.05. The predicted octanol–water partition coefficient (Wildman–Crippen LogP) is 1.77. The maximum atomic E-state index is 12.7. The molecule has 0 bridgehead atoms. The highest BCUT2D eigenvalue weighted by atomic mass is 32.2. The molecule has 2 saturated heterocycles. The van der Waals surface area contributed by atoms with Crippen LogP contribution in [-0.2, 0) is 35.1 Å². The van der Waals surface area contributed by atoms with Gasteiger partial charge >= 0.3 is 0 Å². The minimum atomic E-state index is -4.03. The van der Waals surface area contributed by atoms with Gasteiger partial charge in [0.15, 0.2) is 6.29 Å². The Morgan fingerprint density at radius 3 is 2.36 bits per heavy atom. The van der Waals surface area contributed by atoms with Crippen molar-refractivity contribution in [1.29, 1.82) is 0 Å². The van der Waals surface area contributed by atoms with Gasteiger partial charge in [-0.15, -0.1) is 0 Å². The van der Waals surface area contributed by atoms with Crippen molar-refractivity contribution in [2.24, 2.45) is 0 Å². The smallest absolute Gasteiger partial charge is 0.297 e. The van der Waals surface area contributed by atoms with E-state index in [-0.39, 0.29) is 11.5 Å². The lowest BCUT2D eigenvalue weighted by Gasteiger charge is -2.24. The summed E-state index contributed by atoms with van der Waals surface area (Å²) in [7, 11) is -4.03. The molecule has 150 valence electrons. The summed E-state index contributed by atoms with van der Waals surface area (Å²) < 4.78 is 47.4. The van der Waals surface area contributed by atoms with Crippen molar-refractivity contribution in [3.8, 4) is 0 Å². The molecule has 2 fully saturated rings. The molecular formula is C20H22O7S. The van der Waals surface area contributed by atoms with Crippen molar-refractivity contribution < 1.29 is 31.9 Å². The molecule has 0 spiro atoms. The number of epoxide rings is 1. The summed E-state index contributed by atoms with van der Waals surface area (Å²) in [6.07, 6.45) is -3.59. The van der Waals surface area contributed by atoms with E-state index in [0.717, 1.165) is 11.1 Å². The molecule has 0 amide bonds. The molecule has 8 heteroatoms. The van der Waals surface area contributed by atoms with Crippen LogP contribution >= 0.6 is 0 Å². The predicted molar refractivity (Wildman–Crippen MR) is 98.9 cm³/mol. The molecule has 1 N–H and O–H groups in total. The average molecular weight is 406 g/mol. The number of ether oxygens (including phenoxy) is 3. The minimum Gasteiger partial charge on any atom is -0.374 e. The van der Waals surface area contributed by atoms with Crippen molar-refractivity contribution in [3.05, 3.63) is 65.7 Å². The largest absolute Gasteiger partial charge is 0.374 e. The van der Waals surface area contributed by atoms with Gasteiger partial charge in [-0.25, -0.2) is 0 Å². The zero-order valence-corrected chi connectivity index (χ0v) is 16.1. The Bertz CT molecular complexity index is 898. The molecule has 0 radical (unpaired) electrons. The first-order valence-corrected chi connectivity index (χ1v) is 10.5. The van der Waals surface area contributed by atoms with Gasteiger partial charge in [-0.1, -0.05) is 48.0 Å². The van der Waals surface area contributed by atoms with E-state index in [0.29, 0.717) is 6.61 Å². The number of aryl methyl sites for hydroxylation is 1. The highest BCUT2D eigenvalue weighted by Crippen LogP contribution is 2.40. The number of aliphatic hydroxyl groups excluding tert-OH is 1. The molecule has 0 aromatic heterocycles. The normalized spacial score (nSPS) is 27.4. The molecule has 28 heavy (non-hydrogen) atoms. The van der Waals surface area contributed by atoms with Gasteiger partial charge in [-0.2, -0.15) is 8.42 Å². The van der Waals surface area contributed by atoms with Crippen molar-refractivity contribution in [2.45, 2.75) is 49.1 Å². The summed E-state index contributed by atoms with van der Waals surface area (Å²) in [6.45, 7) is 2.15. The van der Waals surface area contributed by atoms with Crippen LogP contribution in [0.15, 0.2) is 59.5 Å². The van der Waals surface area contributed by atoms with Gasteiger partial charge < -0.3 is 19.3 Å². The molecule has 2 heterocycles. The Kier molecular flexibility index (Phi) is 5.50. The van der Waals surface area contributed by atoms with Crippen LogP contribution in [0.1, 0.15) is 11.1 Å². The van der Waals surface area contributed by atoms with Crippen LogP contribution in [0.2, 0.25) is 0 Å². The summed E-state index contributed by atoms with van der Waals surface area (Å²) in [5.41, 5.74) is 1.90. The number of fused-ring (bicyclic) bond motifs is 1. The summed E-state index contributed by atoms with van der Waals surface area (Å²) in [6, 6.07) is 15.9. The van der Waals surface area contributed by atoms with Crippen LogP contribution in [0, 0.1) is 6.92 Å². The fourth-order valence-corrected chi connectivity index (χ4v) is 4.28.